The lowest BCUT2D eigenvalue weighted by atomic mass is 10.0. The van der Waals surface area contributed by atoms with Gasteiger partial charge in [0.1, 0.15) is 0 Å². The fraction of sp³-hybridized carbons (Fsp3) is 0.556. The lowest BCUT2D eigenvalue weighted by Crippen LogP contribution is -2.50. The molecule has 2 rings (SSSR count). The Bertz CT molecular complexity index is 558. The van der Waals surface area contributed by atoms with Crippen LogP contribution < -0.4 is 0 Å². The van der Waals surface area contributed by atoms with Crippen molar-refractivity contribution in [3.8, 4) is 0 Å². The van der Waals surface area contributed by atoms with Crippen molar-refractivity contribution in [2.75, 3.05) is 32.7 Å². The molecular formula is C18H26N2O2. The van der Waals surface area contributed by atoms with Crippen molar-refractivity contribution in [1.29, 1.82) is 0 Å². The zero-order valence-corrected chi connectivity index (χ0v) is 14.1. The Labute approximate surface area is 133 Å². The van der Waals surface area contributed by atoms with E-state index in [0.29, 0.717) is 6.54 Å². The van der Waals surface area contributed by atoms with Crippen molar-refractivity contribution in [2.45, 2.75) is 27.7 Å². The van der Waals surface area contributed by atoms with Crippen LogP contribution >= 0.6 is 0 Å². The zero-order valence-electron chi connectivity index (χ0n) is 14.1. The quantitative estimate of drug-likeness (QED) is 0.801. The van der Waals surface area contributed by atoms with Gasteiger partial charge in [-0.05, 0) is 19.4 Å². The first-order chi connectivity index (χ1) is 10.4. The third kappa shape index (κ3) is 3.95. The lowest BCUT2D eigenvalue weighted by Gasteiger charge is -2.35. The van der Waals surface area contributed by atoms with Crippen LogP contribution in [0, 0.1) is 19.8 Å². The van der Waals surface area contributed by atoms with Gasteiger partial charge in [0.2, 0.25) is 5.91 Å². The van der Waals surface area contributed by atoms with Crippen LogP contribution in [-0.2, 0) is 4.79 Å². The number of Topliss-reactive ketones (excluding diaryl/α,β-unsaturated/α-hetero) is 1. The molecule has 0 aromatic heterocycles. The second-order valence-corrected chi connectivity index (χ2v) is 6.50. The standard InChI is InChI=1S/C18H26N2O2/c1-13(2)18(22)20-9-7-19(8-10-20)12-17(21)16-6-5-14(3)11-15(16)4/h5-6,11,13H,7-10,12H2,1-4H3. The van der Waals surface area contributed by atoms with Crippen LogP contribution in [0.5, 0.6) is 0 Å². The molecule has 0 saturated carbocycles. The predicted octanol–water partition coefficient (Wildman–Crippen LogP) is 2.29. The number of amides is 1. The summed E-state index contributed by atoms with van der Waals surface area (Å²) in [5, 5.41) is 0. The van der Waals surface area contributed by atoms with Crippen molar-refractivity contribution in [3.63, 3.8) is 0 Å². The highest BCUT2D eigenvalue weighted by Gasteiger charge is 2.24. The monoisotopic (exact) mass is 302 g/mol. The number of rotatable bonds is 4. The smallest absolute Gasteiger partial charge is 0.225 e. The van der Waals surface area contributed by atoms with E-state index in [1.165, 1.54) is 5.56 Å². The molecule has 1 amide bonds. The maximum atomic E-state index is 12.4. The van der Waals surface area contributed by atoms with Crippen molar-refractivity contribution in [2.24, 2.45) is 5.92 Å². The zero-order chi connectivity index (χ0) is 16.3. The number of hydrogen-bond acceptors (Lipinski definition) is 3. The third-order valence-corrected chi connectivity index (χ3v) is 4.23. The van der Waals surface area contributed by atoms with Gasteiger partial charge in [-0.2, -0.15) is 0 Å². The lowest BCUT2D eigenvalue weighted by molar-refractivity contribution is -0.136. The molecule has 0 spiro atoms. The number of benzene rings is 1. The van der Waals surface area contributed by atoms with Crippen molar-refractivity contribution >= 4 is 11.7 Å². The average Bonchev–Trinajstić information content (AvgIpc) is 2.47. The Morgan fingerprint density at radius 1 is 1.09 bits per heavy atom. The van der Waals surface area contributed by atoms with Gasteiger partial charge < -0.3 is 4.90 Å². The largest absolute Gasteiger partial charge is 0.340 e. The van der Waals surface area contributed by atoms with E-state index in [0.717, 1.165) is 37.3 Å². The summed E-state index contributed by atoms with van der Waals surface area (Å²) in [6.07, 6.45) is 0. The van der Waals surface area contributed by atoms with E-state index in [2.05, 4.69) is 4.90 Å². The Balaban J connectivity index is 1.90. The average molecular weight is 302 g/mol. The van der Waals surface area contributed by atoms with Crippen LogP contribution in [-0.4, -0.2) is 54.2 Å². The van der Waals surface area contributed by atoms with Gasteiger partial charge in [-0.15, -0.1) is 0 Å². The molecule has 0 unspecified atom stereocenters. The number of piperazine rings is 1. The molecule has 0 N–H and O–H groups in total. The molecular weight excluding hydrogens is 276 g/mol. The van der Waals surface area contributed by atoms with E-state index in [4.69, 9.17) is 0 Å². The highest BCUT2D eigenvalue weighted by molar-refractivity contribution is 5.99. The number of carbonyl (C=O) groups is 2. The summed E-state index contributed by atoms with van der Waals surface area (Å²) in [4.78, 5) is 28.5. The molecule has 4 heteroatoms. The van der Waals surface area contributed by atoms with Gasteiger partial charge in [0.25, 0.3) is 0 Å². The van der Waals surface area contributed by atoms with Gasteiger partial charge in [0.05, 0.1) is 6.54 Å². The molecule has 0 atom stereocenters. The molecule has 1 aromatic rings. The van der Waals surface area contributed by atoms with Gasteiger partial charge in [-0.3, -0.25) is 14.5 Å². The molecule has 1 aliphatic rings. The number of carbonyl (C=O) groups excluding carboxylic acids is 2. The fourth-order valence-corrected chi connectivity index (χ4v) is 2.91. The van der Waals surface area contributed by atoms with Crippen LogP contribution in [0.3, 0.4) is 0 Å². The van der Waals surface area contributed by atoms with E-state index >= 15 is 0 Å². The van der Waals surface area contributed by atoms with Gasteiger partial charge in [-0.1, -0.05) is 37.6 Å². The van der Waals surface area contributed by atoms with Crippen LogP contribution in [0.2, 0.25) is 0 Å². The molecule has 0 radical (unpaired) electrons. The number of aryl methyl sites for hydroxylation is 2. The summed E-state index contributed by atoms with van der Waals surface area (Å²) in [7, 11) is 0. The Kier molecular flexibility index (Phi) is 5.35. The van der Waals surface area contributed by atoms with Crippen molar-refractivity contribution < 1.29 is 9.59 Å². The minimum atomic E-state index is 0.0448. The number of nitrogens with zero attached hydrogens (tertiary/aromatic N) is 2. The highest BCUT2D eigenvalue weighted by Crippen LogP contribution is 2.13. The molecule has 120 valence electrons. The minimum Gasteiger partial charge on any atom is -0.340 e. The molecule has 1 fully saturated rings. The van der Waals surface area contributed by atoms with E-state index < -0.39 is 0 Å². The maximum Gasteiger partial charge on any atom is 0.225 e. The van der Waals surface area contributed by atoms with Crippen LogP contribution in [0.15, 0.2) is 18.2 Å². The highest BCUT2D eigenvalue weighted by atomic mass is 16.2. The third-order valence-electron chi connectivity index (χ3n) is 4.23. The van der Waals surface area contributed by atoms with Gasteiger partial charge >= 0.3 is 0 Å². The summed E-state index contributed by atoms with van der Waals surface area (Å²) in [6, 6.07) is 5.96. The van der Waals surface area contributed by atoms with Crippen LogP contribution in [0.1, 0.15) is 35.3 Å². The molecule has 4 nitrogen and oxygen atoms in total. The van der Waals surface area contributed by atoms with Crippen molar-refractivity contribution in [1.82, 2.24) is 9.80 Å². The van der Waals surface area contributed by atoms with E-state index in [9.17, 15) is 9.59 Å². The Morgan fingerprint density at radius 2 is 1.73 bits per heavy atom. The second kappa shape index (κ2) is 7.05. The molecule has 1 saturated heterocycles. The molecule has 1 aliphatic heterocycles. The number of hydrogen-bond donors (Lipinski definition) is 0. The van der Waals surface area contributed by atoms with Gasteiger partial charge in [-0.25, -0.2) is 0 Å². The summed E-state index contributed by atoms with van der Waals surface area (Å²) < 4.78 is 0. The van der Waals surface area contributed by atoms with Crippen molar-refractivity contribution in [3.05, 3.63) is 34.9 Å². The topological polar surface area (TPSA) is 40.6 Å². The normalized spacial score (nSPS) is 16.1. The van der Waals surface area contributed by atoms with E-state index in [1.54, 1.807) is 0 Å². The first-order valence-electron chi connectivity index (χ1n) is 8.00. The summed E-state index contributed by atoms with van der Waals surface area (Å²) >= 11 is 0. The SMILES string of the molecule is Cc1ccc(C(=O)CN2CCN(C(=O)C(C)C)CC2)c(C)c1. The van der Waals surface area contributed by atoms with Crippen LogP contribution in [0.25, 0.3) is 0 Å². The minimum absolute atomic E-state index is 0.0448. The molecule has 0 bridgehead atoms. The predicted molar refractivity (Wildman–Crippen MR) is 88.1 cm³/mol. The maximum absolute atomic E-state index is 12.4. The molecule has 1 heterocycles. The first kappa shape index (κ1) is 16.7. The number of ketones is 1. The van der Waals surface area contributed by atoms with Crippen LogP contribution in [0.4, 0.5) is 0 Å². The van der Waals surface area contributed by atoms with E-state index in [1.807, 2.05) is 50.8 Å². The first-order valence-corrected chi connectivity index (χ1v) is 8.00. The summed E-state index contributed by atoms with van der Waals surface area (Å²) in [5.41, 5.74) is 3.03. The molecule has 1 aromatic carbocycles. The summed E-state index contributed by atoms with van der Waals surface area (Å²) in [5.74, 6) is 0.421. The van der Waals surface area contributed by atoms with Gasteiger partial charge in [0.15, 0.2) is 5.78 Å². The fourth-order valence-electron chi connectivity index (χ4n) is 2.91. The van der Waals surface area contributed by atoms with Gasteiger partial charge in [0, 0.05) is 37.7 Å². The van der Waals surface area contributed by atoms with E-state index in [-0.39, 0.29) is 17.6 Å². The second-order valence-electron chi connectivity index (χ2n) is 6.50. The summed E-state index contributed by atoms with van der Waals surface area (Å²) in [6.45, 7) is 11.3. The molecule has 22 heavy (non-hydrogen) atoms. The Morgan fingerprint density at radius 3 is 2.27 bits per heavy atom. The molecule has 0 aliphatic carbocycles. The Hall–Kier alpha value is -1.68.